The lowest BCUT2D eigenvalue weighted by Gasteiger charge is -2.37. The Balaban J connectivity index is 0.000000133. The second-order valence-electron chi connectivity index (χ2n) is 19.5. The van der Waals surface area contributed by atoms with Gasteiger partial charge in [0.25, 0.3) is 0 Å². The van der Waals surface area contributed by atoms with E-state index in [1.54, 1.807) is 0 Å². The van der Waals surface area contributed by atoms with E-state index in [-0.39, 0.29) is 35.0 Å². The summed E-state index contributed by atoms with van der Waals surface area (Å²) in [6.07, 6.45) is 16.3. The number of nitrogens with one attached hydrogen (secondary N) is 3. The Morgan fingerprint density at radius 2 is 0.892 bits per heavy atom. The minimum atomic E-state index is -0.00523. The molecular formula is C50H68N12O3. The topological polar surface area (TPSA) is 179 Å². The molecule has 0 unspecified atom stereocenters. The van der Waals surface area contributed by atoms with Gasteiger partial charge in [-0.2, -0.15) is 0 Å². The van der Waals surface area contributed by atoms with Crippen LogP contribution in [0.5, 0.6) is 0 Å². The van der Waals surface area contributed by atoms with Crippen LogP contribution in [0.1, 0.15) is 166 Å². The second kappa shape index (κ2) is 19.4. The van der Waals surface area contributed by atoms with Gasteiger partial charge in [0.05, 0.1) is 0 Å². The highest BCUT2D eigenvalue weighted by Crippen LogP contribution is 2.44. The van der Waals surface area contributed by atoms with Crippen molar-refractivity contribution in [3.05, 3.63) is 53.5 Å². The van der Waals surface area contributed by atoms with Crippen LogP contribution in [-0.2, 0) is 14.4 Å². The molecule has 2 atom stereocenters. The van der Waals surface area contributed by atoms with Gasteiger partial charge in [-0.1, -0.05) is 41.0 Å². The van der Waals surface area contributed by atoms with Crippen molar-refractivity contribution in [1.82, 2.24) is 43.6 Å². The van der Waals surface area contributed by atoms with Crippen molar-refractivity contribution < 1.29 is 14.4 Å². The van der Waals surface area contributed by atoms with Crippen LogP contribution in [-0.4, -0.2) is 61.3 Å². The van der Waals surface area contributed by atoms with E-state index < -0.39 is 0 Å². The molecule has 65 heavy (non-hydrogen) atoms. The molecular weight excluding hydrogens is 817 g/mol. The Labute approximate surface area is 382 Å². The molecule has 3 amide bonds. The first kappa shape index (κ1) is 45.8. The molecule has 4 aliphatic rings. The number of carbonyl (C=O) groups is 3. The predicted octanol–water partition coefficient (Wildman–Crippen LogP) is 10.9. The van der Waals surface area contributed by atoms with Crippen LogP contribution in [0.15, 0.2) is 36.4 Å². The molecule has 346 valence electrons. The summed E-state index contributed by atoms with van der Waals surface area (Å²) in [6, 6.07) is 13.1. The zero-order valence-electron chi connectivity index (χ0n) is 39.7. The highest BCUT2D eigenvalue weighted by molar-refractivity contribution is 5.94. The van der Waals surface area contributed by atoms with Crippen LogP contribution in [0.4, 0.5) is 17.8 Å². The summed E-state index contributed by atoms with van der Waals surface area (Å²) in [5.74, 6) is 2.12. The minimum Gasteiger partial charge on any atom is -0.296 e. The number of amides is 3. The molecule has 3 N–H and O–H groups in total. The van der Waals surface area contributed by atoms with Gasteiger partial charge < -0.3 is 0 Å². The van der Waals surface area contributed by atoms with E-state index in [1.807, 2.05) is 84.9 Å². The van der Waals surface area contributed by atoms with Gasteiger partial charge in [0.2, 0.25) is 35.6 Å². The van der Waals surface area contributed by atoms with Gasteiger partial charge in [0.15, 0.2) is 16.9 Å². The Morgan fingerprint density at radius 1 is 0.554 bits per heavy atom. The quantitative estimate of drug-likeness (QED) is 0.108. The molecule has 0 radical (unpaired) electrons. The number of pyridine rings is 3. The Bertz CT molecular complexity index is 2560. The molecule has 0 aliphatic heterocycles. The fourth-order valence-electron chi connectivity index (χ4n) is 8.79. The minimum absolute atomic E-state index is 0.00523. The number of hydrogen-bond donors (Lipinski definition) is 3. The molecule has 4 aliphatic carbocycles. The third-order valence-corrected chi connectivity index (χ3v) is 14.3. The number of aryl methyl sites for hydroxylation is 3. The van der Waals surface area contributed by atoms with Gasteiger partial charge in [-0.15, -0.1) is 0 Å². The summed E-state index contributed by atoms with van der Waals surface area (Å²) in [5, 5.41) is 9.05. The average Bonchev–Trinajstić information content (AvgIpc) is 3.85. The summed E-state index contributed by atoms with van der Waals surface area (Å²) in [7, 11) is 0. The average molecular weight is 885 g/mol. The lowest BCUT2D eigenvalue weighted by molar-refractivity contribution is -0.120. The van der Waals surface area contributed by atoms with Gasteiger partial charge >= 0.3 is 0 Å². The Hall–Kier alpha value is -5.73. The van der Waals surface area contributed by atoms with Gasteiger partial charge in [0, 0.05) is 53.5 Å². The molecule has 0 saturated heterocycles. The van der Waals surface area contributed by atoms with Crippen molar-refractivity contribution >= 4 is 69.1 Å². The van der Waals surface area contributed by atoms with Crippen LogP contribution in [0.25, 0.3) is 33.5 Å². The third-order valence-electron chi connectivity index (χ3n) is 14.3. The van der Waals surface area contributed by atoms with Gasteiger partial charge in [0.1, 0.15) is 16.6 Å². The molecule has 6 heterocycles. The predicted molar refractivity (Wildman–Crippen MR) is 257 cm³/mol. The van der Waals surface area contributed by atoms with Crippen LogP contribution >= 0.6 is 0 Å². The third kappa shape index (κ3) is 9.94. The molecule has 0 spiro atoms. The highest BCUT2D eigenvalue weighted by Gasteiger charge is 2.35. The summed E-state index contributed by atoms with van der Waals surface area (Å²) in [4.78, 5) is 64.5. The zero-order valence-corrected chi connectivity index (χ0v) is 39.7. The summed E-state index contributed by atoms with van der Waals surface area (Å²) in [6.45, 7) is 16.1. The maximum Gasteiger partial charge on any atom is 0.229 e. The van der Waals surface area contributed by atoms with Crippen LogP contribution in [0.2, 0.25) is 0 Å². The van der Waals surface area contributed by atoms with E-state index >= 15 is 0 Å². The Morgan fingerprint density at radius 3 is 1.17 bits per heavy atom. The monoisotopic (exact) mass is 885 g/mol. The summed E-state index contributed by atoms with van der Waals surface area (Å²) in [5.41, 5.74) is 8.37. The fourth-order valence-corrected chi connectivity index (χ4v) is 8.79. The van der Waals surface area contributed by atoms with Crippen molar-refractivity contribution in [2.45, 2.75) is 170 Å². The lowest BCUT2D eigenvalue weighted by atomic mass is 9.68. The first-order chi connectivity index (χ1) is 31.2. The number of rotatable bonds is 12. The van der Waals surface area contributed by atoms with Crippen molar-refractivity contribution in [3.63, 3.8) is 0 Å². The number of hydrogen-bond acceptors (Lipinski definition) is 9. The normalized spacial score (nSPS) is 17.9. The SMILES string of the molecule is CC[C@@H](C)C(=O)Nc1nc2ccc(C)nc2n1C1CCC1.CC[C@H](C)C(=O)Nc1nc2ccc(C)nc2n1C1CCC1.Cc1ccc2nc(NC(=O)CC3(C)CCC3)n(C3CCC3)c2n1. The van der Waals surface area contributed by atoms with Crippen LogP contribution in [0.3, 0.4) is 0 Å². The standard InChI is InChI=1S/C18H24N4O.2C16H22N4O/c1-12-7-8-14-16(19-12)22(13-5-3-6-13)17(20-14)21-15(23)11-18(2)9-4-10-18;2*1-4-10(2)15(21)19-16-18-13-9-8-11(3)17-14(13)20(16)12-6-5-7-12/h7-8,13H,3-6,9-11H2,1-2H3,(H,20,21,23);2*8-10,12H,4-7H2,1-3H3,(H,18,19,21)/t;2*10-/m.10/s1. The maximum atomic E-state index is 12.5. The number of anilines is 3. The smallest absolute Gasteiger partial charge is 0.229 e. The Kier molecular flexibility index (Phi) is 13.7. The van der Waals surface area contributed by atoms with E-state index in [0.29, 0.717) is 42.4 Å². The second-order valence-corrected chi connectivity index (χ2v) is 19.5. The van der Waals surface area contributed by atoms with Gasteiger partial charge in [-0.25, -0.2) is 29.9 Å². The molecule has 4 fully saturated rings. The number of carbonyl (C=O) groups excluding carboxylic acids is 3. The van der Waals surface area contributed by atoms with Crippen molar-refractivity contribution in [1.29, 1.82) is 0 Å². The number of aromatic nitrogens is 9. The molecule has 15 heteroatoms. The number of nitrogens with zero attached hydrogens (tertiary/aromatic N) is 9. The number of fused-ring (bicyclic) bond motifs is 3. The molecule has 15 nitrogen and oxygen atoms in total. The summed E-state index contributed by atoms with van der Waals surface area (Å²) >= 11 is 0. The highest BCUT2D eigenvalue weighted by atomic mass is 16.2. The van der Waals surface area contributed by atoms with E-state index in [2.05, 4.69) is 66.5 Å². The molecule has 10 rings (SSSR count). The lowest BCUT2D eigenvalue weighted by Crippen LogP contribution is -2.32. The van der Waals surface area contributed by atoms with Gasteiger partial charge in [-0.3, -0.25) is 44.0 Å². The van der Waals surface area contributed by atoms with Crippen LogP contribution < -0.4 is 16.0 Å². The van der Waals surface area contributed by atoms with Crippen molar-refractivity contribution in [2.24, 2.45) is 17.3 Å². The van der Waals surface area contributed by atoms with E-state index in [9.17, 15) is 14.4 Å². The molecule has 0 aromatic carbocycles. The van der Waals surface area contributed by atoms with Crippen molar-refractivity contribution in [2.75, 3.05) is 16.0 Å². The van der Waals surface area contributed by atoms with E-state index in [0.717, 1.165) is 115 Å². The maximum absolute atomic E-state index is 12.5. The first-order valence-electron chi connectivity index (χ1n) is 24.2. The van der Waals surface area contributed by atoms with E-state index in [1.165, 1.54) is 25.7 Å². The van der Waals surface area contributed by atoms with Crippen LogP contribution in [0, 0.1) is 38.0 Å². The summed E-state index contributed by atoms with van der Waals surface area (Å²) < 4.78 is 6.38. The molecule has 6 aromatic heterocycles. The number of imidazole rings is 3. The van der Waals surface area contributed by atoms with Crippen molar-refractivity contribution in [3.8, 4) is 0 Å². The largest absolute Gasteiger partial charge is 0.296 e. The van der Waals surface area contributed by atoms with Gasteiger partial charge in [-0.05, 0) is 146 Å². The zero-order chi connectivity index (χ0) is 46.0. The molecule has 6 aromatic rings. The fraction of sp³-hybridized carbons (Fsp3) is 0.580. The first-order valence-corrected chi connectivity index (χ1v) is 24.2. The molecule has 0 bridgehead atoms. The molecule has 4 saturated carbocycles. The van der Waals surface area contributed by atoms with E-state index in [4.69, 9.17) is 0 Å².